The number of carbonyl (C=O) groups excluding carboxylic acids is 1. The van der Waals surface area contributed by atoms with E-state index in [9.17, 15) is 9.59 Å². The number of hydrogen-bond donors (Lipinski definition) is 3. The summed E-state index contributed by atoms with van der Waals surface area (Å²) in [6.45, 7) is 2.93. The van der Waals surface area contributed by atoms with E-state index < -0.39 is 17.5 Å². The number of aliphatic carboxylic acids is 1. The minimum atomic E-state index is -1.32. The molecule has 1 aromatic heterocycles. The third kappa shape index (κ3) is 3.74. The van der Waals surface area contributed by atoms with Gasteiger partial charge in [-0.25, -0.2) is 14.6 Å². The van der Waals surface area contributed by atoms with Gasteiger partial charge in [-0.05, 0) is 13.8 Å². The van der Waals surface area contributed by atoms with Crippen molar-refractivity contribution in [3.8, 4) is 0 Å². The molecule has 94 valence electrons. The number of carbonyl (C=O) groups is 2. The van der Waals surface area contributed by atoms with Crippen LogP contribution in [0.15, 0.2) is 6.33 Å². The molecule has 3 N–H and O–H groups in total. The van der Waals surface area contributed by atoms with E-state index in [1.165, 1.54) is 24.9 Å². The predicted molar refractivity (Wildman–Crippen MR) is 58.1 cm³/mol. The average Bonchev–Trinajstić information content (AvgIpc) is 2.60. The van der Waals surface area contributed by atoms with Gasteiger partial charge in [-0.15, -0.1) is 0 Å². The van der Waals surface area contributed by atoms with Crippen molar-refractivity contribution in [3.63, 3.8) is 0 Å². The summed E-state index contributed by atoms with van der Waals surface area (Å²) < 4.78 is 1.51. The van der Waals surface area contributed by atoms with Crippen LogP contribution in [0.3, 0.4) is 0 Å². The maximum absolute atomic E-state index is 11.4. The van der Waals surface area contributed by atoms with Crippen molar-refractivity contribution in [1.82, 2.24) is 25.4 Å². The van der Waals surface area contributed by atoms with Gasteiger partial charge in [-0.2, -0.15) is 5.10 Å². The number of hydrogen-bond acceptors (Lipinski definition) is 4. The van der Waals surface area contributed by atoms with Gasteiger partial charge >= 0.3 is 12.0 Å². The Labute approximate surface area is 98.0 Å². The van der Waals surface area contributed by atoms with Gasteiger partial charge in [0.15, 0.2) is 5.82 Å². The van der Waals surface area contributed by atoms with Crippen molar-refractivity contribution < 1.29 is 14.7 Å². The third-order valence-electron chi connectivity index (χ3n) is 2.01. The zero-order valence-electron chi connectivity index (χ0n) is 9.89. The second kappa shape index (κ2) is 4.81. The number of rotatable bonds is 4. The molecule has 0 aliphatic rings. The summed E-state index contributed by atoms with van der Waals surface area (Å²) >= 11 is 0. The summed E-state index contributed by atoms with van der Waals surface area (Å²) in [5.41, 5.74) is -1.32. The van der Waals surface area contributed by atoms with Crippen LogP contribution in [0, 0.1) is 0 Å². The molecule has 0 unspecified atom stereocenters. The highest BCUT2D eigenvalue weighted by atomic mass is 16.4. The van der Waals surface area contributed by atoms with E-state index in [1.54, 1.807) is 7.05 Å². The first-order chi connectivity index (χ1) is 7.81. The van der Waals surface area contributed by atoms with E-state index in [0.717, 1.165) is 0 Å². The van der Waals surface area contributed by atoms with Crippen LogP contribution in [0.25, 0.3) is 0 Å². The smallest absolute Gasteiger partial charge is 0.328 e. The Balaban J connectivity index is 2.43. The van der Waals surface area contributed by atoms with Crippen LogP contribution in [0.2, 0.25) is 0 Å². The van der Waals surface area contributed by atoms with E-state index in [0.29, 0.717) is 5.82 Å². The molecule has 0 saturated carbocycles. The molecular formula is C9H15N5O3. The summed E-state index contributed by atoms with van der Waals surface area (Å²) in [5.74, 6) is -0.653. The van der Waals surface area contributed by atoms with Gasteiger partial charge in [0.1, 0.15) is 11.9 Å². The Morgan fingerprint density at radius 3 is 2.65 bits per heavy atom. The molecule has 0 spiro atoms. The maximum atomic E-state index is 11.4. The van der Waals surface area contributed by atoms with Crippen LogP contribution in [-0.4, -0.2) is 37.4 Å². The van der Waals surface area contributed by atoms with E-state index in [1.807, 2.05) is 0 Å². The van der Waals surface area contributed by atoms with Crippen LogP contribution < -0.4 is 10.6 Å². The molecule has 0 bridgehead atoms. The lowest BCUT2D eigenvalue weighted by molar-refractivity contribution is -0.142. The zero-order valence-corrected chi connectivity index (χ0v) is 9.89. The fraction of sp³-hybridized carbons (Fsp3) is 0.556. The van der Waals surface area contributed by atoms with Crippen LogP contribution in [0.4, 0.5) is 4.79 Å². The average molecular weight is 241 g/mol. The first-order valence-electron chi connectivity index (χ1n) is 4.95. The minimum absolute atomic E-state index is 0.141. The van der Waals surface area contributed by atoms with Gasteiger partial charge in [0.25, 0.3) is 0 Å². The number of amides is 2. The Morgan fingerprint density at radius 1 is 1.53 bits per heavy atom. The number of aromatic nitrogens is 3. The maximum Gasteiger partial charge on any atom is 0.328 e. The van der Waals surface area contributed by atoms with Crippen molar-refractivity contribution in [1.29, 1.82) is 0 Å². The van der Waals surface area contributed by atoms with Crippen molar-refractivity contribution in [2.24, 2.45) is 7.05 Å². The van der Waals surface area contributed by atoms with Crippen LogP contribution in [0.1, 0.15) is 19.7 Å². The molecule has 1 rings (SSSR count). The quantitative estimate of drug-likeness (QED) is 0.657. The Hall–Kier alpha value is -2.12. The van der Waals surface area contributed by atoms with Gasteiger partial charge in [-0.3, -0.25) is 4.68 Å². The van der Waals surface area contributed by atoms with E-state index in [-0.39, 0.29) is 6.54 Å². The fourth-order valence-electron chi connectivity index (χ4n) is 1.01. The monoisotopic (exact) mass is 241 g/mol. The SMILES string of the molecule is Cn1cnc(CNC(=O)NC(C)(C)C(=O)O)n1. The second-order valence-corrected chi connectivity index (χ2v) is 4.07. The molecule has 0 aromatic carbocycles. The lowest BCUT2D eigenvalue weighted by Gasteiger charge is -2.20. The summed E-state index contributed by atoms with van der Waals surface area (Å²) in [6.07, 6.45) is 1.51. The number of carboxylic acids is 1. The summed E-state index contributed by atoms with van der Waals surface area (Å²) in [4.78, 5) is 26.1. The minimum Gasteiger partial charge on any atom is -0.480 e. The normalized spacial score (nSPS) is 11.0. The third-order valence-corrected chi connectivity index (χ3v) is 2.01. The molecule has 17 heavy (non-hydrogen) atoms. The summed E-state index contributed by atoms with van der Waals surface area (Å²) in [7, 11) is 1.71. The first kappa shape index (κ1) is 12.9. The van der Waals surface area contributed by atoms with Crippen molar-refractivity contribution in [2.75, 3.05) is 0 Å². The Kier molecular flexibility index (Phi) is 3.66. The number of carboxylic acid groups (broad SMARTS) is 1. The molecular weight excluding hydrogens is 226 g/mol. The number of aryl methyl sites for hydroxylation is 1. The van der Waals surface area contributed by atoms with Crippen molar-refractivity contribution in [3.05, 3.63) is 12.2 Å². The predicted octanol–water partition coefficient (Wildman–Crippen LogP) is -0.522. The topological polar surface area (TPSA) is 109 Å². The van der Waals surface area contributed by atoms with Crippen LogP contribution >= 0.6 is 0 Å². The van der Waals surface area contributed by atoms with Crippen molar-refractivity contribution >= 4 is 12.0 Å². The van der Waals surface area contributed by atoms with Gasteiger partial charge in [0, 0.05) is 7.05 Å². The highest BCUT2D eigenvalue weighted by Crippen LogP contribution is 2.01. The number of nitrogens with one attached hydrogen (secondary N) is 2. The van der Waals surface area contributed by atoms with E-state index in [4.69, 9.17) is 5.11 Å². The molecule has 0 aliphatic heterocycles. The molecule has 0 fully saturated rings. The van der Waals surface area contributed by atoms with Crippen molar-refractivity contribution in [2.45, 2.75) is 25.9 Å². The molecule has 0 aliphatic carbocycles. The van der Waals surface area contributed by atoms with E-state index in [2.05, 4.69) is 20.7 Å². The van der Waals surface area contributed by atoms with E-state index >= 15 is 0 Å². The highest BCUT2D eigenvalue weighted by molar-refractivity contribution is 5.85. The Bertz CT molecular complexity index is 426. The molecule has 0 atom stereocenters. The number of urea groups is 1. The largest absolute Gasteiger partial charge is 0.480 e. The highest BCUT2D eigenvalue weighted by Gasteiger charge is 2.28. The molecule has 8 heteroatoms. The van der Waals surface area contributed by atoms with Gasteiger partial charge in [-0.1, -0.05) is 0 Å². The second-order valence-electron chi connectivity index (χ2n) is 4.07. The molecule has 1 heterocycles. The summed E-state index contributed by atoms with van der Waals surface area (Å²) in [6, 6.07) is -0.579. The molecule has 8 nitrogen and oxygen atoms in total. The molecule has 0 saturated heterocycles. The first-order valence-corrected chi connectivity index (χ1v) is 4.95. The lowest BCUT2D eigenvalue weighted by Crippen LogP contribution is -2.53. The molecule has 0 radical (unpaired) electrons. The fourth-order valence-corrected chi connectivity index (χ4v) is 1.01. The molecule has 2 amide bonds. The van der Waals surface area contributed by atoms with Crippen LogP contribution in [-0.2, 0) is 18.4 Å². The Morgan fingerprint density at radius 2 is 2.18 bits per heavy atom. The standard InChI is InChI=1S/C9H15N5O3/c1-9(2,7(15)16)12-8(17)10-4-6-11-5-14(3)13-6/h5H,4H2,1-3H3,(H,15,16)(H2,10,12,17). The van der Waals surface area contributed by atoms with Gasteiger partial charge < -0.3 is 15.7 Å². The zero-order chi connectivity index (χ0) is 13.1. The van der Waals surface area contributed by atoms with Gasteiger partial charge in [0.2, 0.25) is 0 Å². The molecule has 1 aromatic rings. The summed E-state index contributed by atoms with van der Waals surface area (Å²) in [5, 5.41) is 17.6. The number of nitrogens with zero attached hydrogens (tertiary/aromatic N) is 3. The van der Waals surface area contributed by atoms with Crippen LogP contribution in [0.5, 0.6) is 0 Å². The van der Waals surface area contributed by atoms with Gasteiger partial charge in [0.05, 0.1) is 6.54 Å². The lowest BCUT2D eigenvalue weighted by atomic mass is 10.1.